The molecule has 2 bridgehead atoms. The molecule has 0 aromatic heterocycles. The van der Waals surface area contributed by atoms with Gasteiger partial charge in [0.2, 0.25) is 5.91 Å². The number of piperazine rings is 1. The second kappa shape index (κ2) is 6.61. The van der Waals surface area contributed by atoms with E-state index in [1.165, 1.54) is 5.56 Å². The van der Waals surface area contributed by atoms with Gasteiger partial charge < -0.3 is 14.7 Å². The summed E-state index contributed by atoms with van der Waals surface area (Å²) in [6, 6.07) is 10.3. The largest absolute Gasteiger partial charge is 0.481 e. The molecule has 4 atom stereocenters. The predicted molar refractivity (Wildman–Crippen MR) is 90.7 cm³/mol. The summed E-state index contributed by atoms with van der Waals surface area (Å²) in [6.45, 7) is 3.75. The van der Waals surface area contributed by atoms with E-state index in [2.05, 4.69) is 17.0 Å². The Kier molecular flexibility index (Phi) is 4.31. The smallest absolute Gasteiger partial charge is 0.310 e. The van der Waals surface area contributed by atoms with Gasteiger partial charge in [-0.15, -0.1) is 0 Å². The molecule has 132 valence electrons. The van der Waals surface area contributed by atoms with Crippen molar-refractivity contribution in [2.75, 3.05) is 26.2 Å². The molecule has 2 fully saturated rings. The second-order valence-corrected chi connectivity index (χ2v) is 6.93. The van der Waals surface area contributed by atoms with E-state index in [9.17, 15) is 14.7 Å². The maximum atomic E-state index is 12.9. The average molecular weight is 342 g/mol. The highest BCUT2D eigenvalue weighted by Gasteiger charge is 2.54. The van der Waals surface area contributed by atoms with E-state index in [0.29, 0.717) is 13.1 Å². The van der Waals surface area contributed by atoms with Crippen molar-refractivity contribution in [1.82, 2.24) is 9.80 Å². The van der Waals surface area contributed by atoms with Gasteiger partial charge in [0.25, 0.3) is 0 Å². The highest BCUT2D eigenvalue weighted by atomic mass is 16.5. The molecule has 0 radical (unpaired) electrons. The Morgan fingerprint density at radius 2 is 1.64 bits per heavy atom. The first-order valence-electron chi connectivity index (χ1n) is 8.75. The summed E-state index contributed by atoms with van der Waals surface area (Å²) in [5.74, 6) is -2.38. The van der Waals surface area contributed by atoms with E-state index < -0.39 is 23.9 Å². The fourth-order valence-corrected chi connectivity index (χ4v) is 4.08. The lowest BCUT2D eigenvalue weighted by Crippen LogP contribution is -2.52. The van der Waals surface area contributed by atoms with Crippen LogP contribution in [0.3, 0.4) is 0 Å². The molecule has 1 aromatic carbocycles. The minimum Gasteiger partial charge on any atom is -0.481 e. The SMILES string of the molecule is O=C(O)[C@@H]1[C@@H](C(=O)N2CCN(Cc3ccccc3)CC2)[C@@H]2C=C[C@@H]1O2. The lowest BCUT2D eigenvalue weighted by molar-refractivity contribution is -0.150. The summed E-state index contributed by atoms with van der Waals surface area (Å²) in [5, 5.41) is 9.47. The lowest BCUT2D eigenvalue weighted by atomic mass is 9.82. The third kappa shape index (κ3) is 3.07. The standard InChI is InChI=1S/C19H22N2O4/c22-18(16-14-6-7-15(25-14)17(16)19(23)24)21-10-8-20(9-11-21)12-13-4-2-1-3-5-13/h1-7,14-17H,8-12H2,(H,23,24)/t14-,15-,16-,17-/m0/s1. The van der Waals surface area contributed by atoms with Crippen LogP contribution in [0, 0.1) is 11.8 Å². The monoisotopic (exact) mass is 342 g/mol. The minimum atomic E-state index is -0.946. The first-order chi connectivity index (χ1) is 12.1. The molecule has 4 rings (SSSR count). The Balaban J connectivity index is 1.37. The van der Waals surface area contributed by atoms with Crippen LogP contribution in [0.25, 0.3) is 0 Å². The zero-order valence-electron chi connectivity index (χ0n) is 14.0. The van der Waals surface area contributed by atoms with Crippen LogP contribution in [0.4, 0.5) is 0 Å². The van der Waals surface area contributed by atoms with Crippen molar-refractivity contribution in [2.24, 2.45) is 11.8 Å². The fourth-order valence-electron chi connectivity index (χ4n) is 4.08. The van der Waals surface area contributed by atoms with Crippen molar-refractivity contribution >= 4 is 11.9 Å². The molecule has 2 saturated heterocycles. The summed E-state index contributed by atoms with van der Waals surface area (Å²) in [6.07, 6.45) is 2.75. The number of ether oxygens (including phenoxy) is 1. The number of rotatable bonds is 4. The molecular formula is C19H22N2O4. The number of aliphatic carboxylic acids is 1. The van der Waals surface area contributed by atoms with E-state index in [4.69, 9.17) is 4.74 Å². The van der Waals surface area contributed by atoms with Crippen LogP contribution in [0.2, 0.25) is 0 Å². The molecule has 1 amide bonds. The van der Waals surface area contributed by atoms with E-state index in [1.807, 2.05) is 24.3 Å². The Bertz CT molecular complexity index is 682. The lowest BCUT2D eigenvalue weighted by Gasteiger charge is -2.37. The van der Waals surface area contributed by atoms with E-state index in [0.717, 1.165) is 19.6 Å². The number of hydrogen-bond acceptors (Lipinski definition) is 4. The number of nitrogens with zero attached hydrogens (tertiary/aromatic N) is 2. The quantitative estimate of drug-likeness (QED) is 0.826. The van der Waals surface area contributed by atoms with Crippen LogP contribution in [-0.2, 0) is 20.9 Å². The molecule has 6 heteroatoms. The average Bonchev–Trinajstić information content (AvgIpc) is 3.24. The molecular weight excluding hydrogens is 320 g/mol. The molecule has 0 unspecified atom stereocenters. The highest BCUT2D eigenvalue weighted by Crippen LogP contribution is 2.40. The maximum Gasteiger partial charge on any atom is 0.310 e. The number of amides is 1. The molecule has 6 nitrogen and oxygen atoms in total. The van der Waals surface area contributed by atoms with Crippen LogP contribution in [0.15, 0.2) is 42.5 Å². The molecule has 0 saturated carbocycles. The first kappa shape index (κ1) is 16.3. The summed E-state index contributed by atoms with van der Waals surface area (Å²) in [7, 11) is 0. The number of carbonyl (C=O) groups excluding carboxylic acids is 1. The van der Waals surface area contributed by atoms with Crippen molar-refractivity contribution in [3.8, 4) is 0 Å². The number of benzene rings is 1. The zero-order chi connectivity index (χ0) is 17.4. The van der Waals surface area contributed by atoms with Gasteiger partial charge in [0.1, 0.15) is 5.92 Å². The predicted octanol–water partition coefficient (Wildman–Crippen LogP) is 0.985. The molecule has 3 aliphatic heterocycles. The molecule has 3 heterocycles. The van der Waals surface area contributed by atoms with E-state index in [-0.39, 0.29) is 12.0 Å². The van der Waals surface area contributed by atoms with Crippen LogP contribution in [0.1, 0.15) is 5.56 Å². The van der Waals surface area contributed by atoms with Gasteiger partial charge >= 0.3 is 5.97 Å². The third-order valence-electron chi connectivity index (χ3n) is 5.40. The van der Waals surface area contributed by atoms with Gasteiger partial charge in [-0.2, -0.15) is 0 Å². The number of hydrogen-bond donors (Lipinski definition) is 1. The van der Waals surface area contributed by atoms with Gasteiger partial charge in [0.05, 0.1) is 18.1 Å². The molecule has 1 N–H and O–H groups in total. The van der Waals surface area contributed by atoms with Crippen LogP contribution >= 0.6 is 0 Å². The van der Waals surface area contributed by atoms with Gasteiger partial charge in [0.15, 0.2) is 0 Å². The first-order valence-corrected chi connectivity index (χ1v) is 8.75. The van der Waals surface area contributed by atoms with Gasteiger partial charge in [0, 0.05) is 32.7 Å². The number of carboxylic acids is 1. The van der Waals surface area contributed by atoms with Crippen molar-refractivity contribution in [2.45, 2.75) is 18.8 Å². The molecule has 3 aliphatic rings. The second-order valence-electron chi connectivity index (χ2n) is 6.93. The van der Waals surface area contributed by atoms with Crippen molar-refractivity contribution in [3.63, 3.8) is 0 Å². The summed E-state index contributed by atoms with van der Waals surface area (Å²) in [4.78, 5) is 28.6. The fraction of sp³-hybridized carbons (Fsp3) is 0.474. The van der Waals surface area contributed by atoms with Crippen LogP contribution < -0.4 is 0 Å². The van der Waals surface area contributed by atoms with Crippen LogP contribution in [0.5, 0.6) is 0 Å². The molecule has 1 aromatic rings. The maximum absolute atomic E-state index is 12.9. The highest BCUT2D eigenvalue weighted by molar-refractivity contribution is 5.87. The molecule has 0 spiro atoms. The number of carboxylic acid groups (broad SMARTS) is 1. The topological polar surface area (TPSA) is 70.1 Å². The number of fused-ring (bicyclic) bond motifs is 2. The summed E-state index contributed by atoms with van der Waals surface area (Å²) >= 11 is 0. The Hall–Kier alpha value is -2.18. The Morgan fingerprint density at radius 3 is 2.28 bits per heavy atom. The summed E-state index contributed by atoms with van der Waals surface area (Å²) < 4.78 is 5.62. The van der Waals surface area contributed by atoms with Gasteiger partial charge in [-0.3, -0.25) is 14.5 Å². The molecule has 0 aliphatic carbocycles. The third-order valence-corrected chi connectivity index (χ3v) is 5.40. The number of carbonyl (C=O) groups is 2. The van der Waals surface area contributed by atoms with Crippen molar-refractivity contribution in [1.29, 1.82) is 0 Å². The Morgan fingerprint density at radius 1 is 1.00 bits per heavy atom. The zero-order valence-corrected chi connectivity index (χ0v) is 14.0. The van der Waals surface area contributed by atoms with Gasteiger partial charge in [-0.05, 0) is 5.56 Å². The Labute approximate surface area is 146 Å². The van der Waals surface area contributed by atoms with Crippen molar-refractivity contribution in [3.05, 3.63) is 48.0 Å². The van der Waals surface area contributed by atoms with Gasteiger partial charge in [-0.25, -0.2) is 0 Å². The van der Waals surface area contributed by atoms with Crippen molar-refractivity contribution < 1.29 is 19.4 Å². The van der Waals surface area contributed by atoms with E-state index in [1.54, 1.807) is 11.0 Å². The molecule has 25 heavy (non-hydrogen) atoms. The van der Waals surface area contributed by atoms with Gasteiger partial charge in [-0.1, -0.05) is 42.5 Å². The normalized spacial score (nSPS) is 31.4. The minimum absolute atomic E-state index is 0.0800. The van der Waals surface area contributed by atoms with E-state index >= 15 is 0 Å². The van der Waals surface area contributed by atoms with Crippen LogP contribution in [-0.4, -0.2) is 65.2 Å². The summed E-state index contributed by atoms with van der Waals surface area (Å²) in [5.41, 5.74) is 1.26.